The molecule has 0 radical (unpaired) electrons. The number of benzene rings is 1. The molecule has 1 aliphatic carbocycles. The number of ketones is 2. The van der Waals surface area contributed by atoms with Gasteiger partial charge in [-0.1, -0.05) is 27.7 Å². The van der Waals surface area contributed by atoms with Crippen LogP contribution in [-0.4, -0.2) is 30.2 Å². The summed E-state index contributed by atoms with van der Waals surface area (Å²) in [5.41, 5.74) is 1.65. The lowest BCUT2D eigenvalue weighted by atomic mass is 9.96. The first-order valence-electron chi connectivity index (χ1n) is 8.79. The zero-order valence-corrected chi connectivity index (χ0v) is 15.6. The van der Waals surface area contributed by atoms with Gasteiger partial charge in [0, 0.05) is 17.8 Å². The highest BCUT2D eigenvalue weighted by molar-refractivity contribution is 6.17. The molecular formula is C21H25NO4. The van der Waals surface area contributed by atoms with Crippen molar-refractivity contribution in [1.29, 1.82) is 0 Å². The van der Waals surface area contributed by atoms with Crippen LogP contribution in [0, 0.1) is 11.8 Å². The Labute approximate surface area is 154 Å². The van der Waals surface area contributed by atoms with Crippen LogP contribution in [-0.2, 0) is 14.3 Å². The Hall–Kier alpha value is -2.69. The first-order chi connectivity index (χ1) is 12.3. The van der Waals surface area contributed by atoms with Gasteiger partial charge < -0.3 is 10.1 Å². The van der Waals surface area contributed by atoms with E-state index in [1.807, 2.05) is 27.7 Å². The molecule has 0 fully saturated rings. The van der Waals surface area contributed by atoms with Crippen molar-refractivity contribution in [3.05, 3.63) is 53.6 Å². The molecule has 1 aromatic rings. The third-order valence-electron chi connectivity index (χ3n) is 4.19. The van der Waals surface area contributed by atoms with Crippen LogP contribution in [0.4, 0.5) is 5.69 Å². The average Bonchev–Trinajstić information content (AvgIpc) is 2.60. The van der Waals surface area contributed by atoms with Gasteiger partial charge in [0.25, 0.3) is 0 Å². The van der Waals surface area contributed by atoms with Gasteiger partial charge in [0.05, 0.1) is 5.56 Å². The zero-order valence-electron chi connectivity index (χ0n) is 15.6. The quantitative estimate of drug-likeness (QED) is 0.598. The molecule has 1 N–H and O–H groups in total. The Balaban J connectivity index is 1.96. The molecule has 0 unspecified atom stereocenters. The van der Waals surface area contributed by atoms with Crippen molar-refractivity contribution in [3.8, 4) is 0 Å². The van der Waals surface area contributed by atoms with E-state index < -0.39 is 0 Å². The maximum atomic E-state index is 12.3. The van der Waals surface area contributed by atoms with Crippen molar-refractivity contribution in [2.24, 2.45) is 11.8 Å². The van der Waals surface area contributed by atoms with Gasteiger partial charge in [0.2, 0.25) is 0 Å². The summed E-state index contributed by atoms with van der Waals surface area (Å²) in [4.78, 5) is 35.4. The number of carbonyl (C=O) groups excluding carboxylic acids is 3. The Morgan fingerprint density at radius 3 is 2.19 bits per heavy atom. The number of rotatable bonds is 7. The molecule has 0 saturated carbocycles. The molecule has 0 saturated heterocycles. The second-order valence-electron chi connectivity index (χ2n) is 7.06. The van der Waals surface area contributed by atoms with E-state index in [1.54, 1.807) is 24.3 Å². The molecule has 0 aromatic heterocycles. The SMILES string of the molecule is CC(C)C(OC(=O)c1ccc(NCC2=CC(=O)C=CC2=O)cc1)C(C)C. The van der Waals surface area contributed by atoms with Gasteiger partial charge >= 0.3 is 5.97 Å². The number of ether oxygens (including phenoxy) is 1. The summed E-state index contributed by atoms with van der Waals surface area (Å²) >= 11 is 0. The molecule has 0 heterocycles. The van der Waals surface area contributed by atoms with Gasteiger partial charge in [-0.25, -0.2) is 4.79 Å². The number of anilines is 1. The second-order valence-corrected chi connectivity index (χ2v) is 7.06. The maximum Gasteiger partial charge on any atom is 0.338 e. The molecule has 5 heteroatoms. The minimum absolute atomic E-state index is 0.129. The molecule has 0 amide bonds. The van der Waals surface area contributed by atoms with E-state index in [1.165, 1.54) is 18.2 Å². The van der Waals surface area contributed by atoms with Gasteiger partial charge in [0.1, 0.15) is 6.10 Å². The van der Waals surface area contributed by atoms with Gasteiger partial charge in [0.15, 0.2) is 11.6 Å². The third-order valence-corrected chi connectivity index (χ3v) is 4.19. The molecule has 0 bridgehead atoms. The smallest absolute Gasteiger partial charge is 0.338 e. The van der Waals surface area contributed by atoms with E-state index >= 15 is 0 Å². The fourth-order valence-electron chi connectivity index (χ4n) is 2.85. The number of allylic oxidation sites excluding steroid dienone is 3. The summed E-state index contributed by atoms with van der Waals surface area (Å²) in [6, 6.07) is 6.87. The van der Waals surface area contributed by atoms with E-state index in [-0.39, 0.29) is 42.0 Å². The number of carbonyl (C=O) groups is 3. The minimum Gasteiger partial charge on any atom is -0.458 e. The second kappa shape index (κ2) is 8.61. The standard InChI is InChI=1S/C21H25NO4/c1-13(2)20(14(3)4)26-21(25)15-5-7-17(8-6-15)22-12-16-11-18(23)9-10-19(16)24/h5-11,13-14,20,22H,12H2,1-4H3. The van der Waals surface area contributed by atoms with Crippen LogP contribution in [0.1, 0.15) is 38.1 Å². The highest BCUT2D eigenvalue weighted by Gasteiger charge is 2.22. The summed E-state index contributed by atoms with van der Waals surface area (Å²) in [7, 11) is 0. The average molecular weight is 355 g/mol. The van der Waals surface area contributed by atoms with Crippen molar-refractivity contribution >= 4 is 23.2 Å². The highest BCUT2D eigenvalue weighted by Crippen LogP contribution is 2.19. The van der Waals surface area contributed by atoms with Crippen LogP contribution in [0.5, 0.6) is 0 Å². The summed E-state index contributed by atoms with van der Waals surface area (Å²) in [5.74, 6) is -0.212. The molecule has 2 rings (SSSR count). The normalized spacial score (nSPS) is 14.2. The van der Waals surface area contributed by atoms with Crippen molar-refractivity contribution in [2.75, 3.05) is 11.9 Å². The predicted molar refractivity (Wildman–Crippen MR) is 101 cm³/mol. The fourth-order valence-corrected chi connectivity index (χ4v) is 2.85. The highest BCUT2D eigenvalue weighted by atomic mass is 16.5. The number of hydrogen-bond acceptors (Lipinski definition) is 5. The number of nitrogens with one attached hydrogen (secondary N) is 1. The van der Waals surface area contributed by atoms with Crippen molar-refractivity contribution in [2.45, 2.75) is 33.8 Å². The van der Waals surface area contributed by atoms with Gasteiger partial charge in [-0.2, -0.15) is 0 Å². The monoisotopic (exact) mass is 355 g/mol. The van der Waals surface area contributed by atoms with Crippen molar-refractivity contribution < 1.29 is 19.1 Å². The van der Waals surface area contributed by atoms with Crippen LogP contribution >= 0.6 is 0 Å². The summed E-state index contributed by atoms with van der Waals surface area (Å²) < 4.78 is 5.62. The summed E-state index contributed by atoms with van der Waals surface area (Å²) in [6.45, 7) is 8.39. The van der Waals surface area contributed by atoms with Gasteiger partial charge in [-0.05, 0) is 54.3 Å². The molecular weight excluding hydrogens is 330 g/mol. The van der Waals surface area contributed by atoms with Crippen LogP contribution in [0.15, 0.2) is 48.1 Å². The molecule has 138 valence electrons. The first-order valence-corrected chi connectivity index (χ1v) is 8.79. The Kier molecular flexibility index (Phi) is 6.50. The topological polar surface area (TPSA) is 72.5 Å². The number of hydrogen-bond donors (Lipinski definition) is 1. The molecule has 0 atom stereocenters. The van der Waals surface area contributed by atoms with Crippen LogP contribution in [0.2, 0.25) is 0 Å². The maximum absolute atomic E-state index is 12.3. The molecule has 1 aromatic carbocycles. The van der Waals surface area contributed by atoms with Crippen molar-refractivity contribution in [1.82, 2.24) is 0 Å². The fraction of sp³-hybridized carbons (Fsp3) is 0.381. The Morgan fingerprint density at radius 1 is 1.00 bits per heavy atom. The van der Waals surface area contributed by atoms with Crippen LogP contribution in [0.3, 0.4) is 0 Å². The van der Waals surface area contributed by atoms with Crippen LogP contribution in [0.25, 0.3) is 0 Å². The van der Waals surface area contributed by atoms with Gasteiger partial charge in [-0.3, -0.25) is 9.59 Å². The molecule has 0 aliphatic heterocycles. The molecule has 0 spiro atoms. The lowest BCUT2D eigenvalue weighted by Crippen LogP contribution is -2.28. The minimum atomic E-state index is -0.343. The van der Waals surface area contributed by atoms with E-state index in [2.05, 4.69) is 5.32 Å². The lowest BCUT2D eigenvalue weighted by Gasteiger charge is -2.24. The largest absolute Gasteiger partial charge is 0.458 e. The van der Waals surface area contributed by atoms with Crippen LogP contribution < -0.4 is 5.32 Å². The van der Waals surface area contributed by atoms with Gasteiger partial charge in [-0.15, -0.1) is 0 Å². The van der Waals surface area contributed by atoms with Crippen molar-refractivity contribution in [3.63, 3.8) is 0 Å². The van der Waals surface area contributed by atoms with E-state index in [4.69, 9.17) is 4.74 Å². The summed E-state index contributed by atoms with van der Waals surface area (Å²) in [5, 5.41) is 3.08. The zero-order chi connectivity index (χ0) is 19.3. The Morgan fingerprint density at radius 2 is 1.62 bits per heavy atom. The van der Waals surface area contributed by atoms with E-state index in [0.29, 0.717) is 11.1 Å². The summed E-state index contributed by atoms with van der Waals surface area (Å²) in [6.07, 6.45) is 3.74. The lowest BCUT2D eigenvalue weighted by molar-refractivity contribution is -0.114. The predicted octanol–water partition coefficient (Wildman–Crippen LogP) is 3.57. The van der Waals surface area contributed by atoms with E-state index in [9.17, 15) is 14.4 Å². The molecule has 26 heavy (non-hydrogen) atoms. The first kappa shape index (κ1) is 19.6. The molecule has 1 aliphatic rings. The Bertz CT molecular complexity index is 734. The van der Waals surface area contributed by atoms with E-state index in [0.717, 1.165) is 5.69 Å². The third kappa shape index (κ3) is 5.15. The number of esters is 1. The molecule has 5 nitrogen and oxygen atoms in total.